The van der Waals surface area contributed by atoms with E-state index in [-0.39, 0.29) is 29.6 Å². The molecule has 0 saturated carbocycles. The first kappa shape index (κ1) is 16.7. The van der Waals surface area contributed by atoms with Crippen LogP contribution >= 0.6 is 0 Å². The molecule has 0 radical (unpaired) electrons. The van der Waals surface area contributed by atoms with Crippen molar-refractivity contribution in [3.63, 3.8) is 0 Å². The van der Waals surface area contributed by atoms with E-state index in [9.17, 15) is 0 Å². The molecule has 0 saturated heterocycles. The van der Waals surface area contributed by atoms with Gasteiger partial charge in [-0.1, -0.05) is 0 Å². The van der Waals surface area contributed by atoms with Gasteiger partial charge in [0.2, 0.25) is 0 Å². The van der Waals surface area contributed by atoms with Crippen LogP contribution in [0.5, 0.6) is 0 Å². The molecular formula is CH2N3NaO. The summed E-state index contributed by atoms with van der Waals surface area (Å²) in [4.78, 5) is 9.50. The van der Waals surface area contributed by atoms with Crippen molar-refractivity contribution >= 4 is 6.79 Å². The van der Waals surface area contributed by atoms with Gasteiger partial charge in [-0.3, -0.25) is 4.91 Å². The first-order chi connectivity index (χ1) is 2.41. The van der Waals surface area contributed by atoms with Gasteiger partial charge < -0.3 is 15.9 Å². The van der Waals surface area contributed by atoms with Crippen molar-refractivity contribution in [2.75, 3.05) is 0 Å². The van der Waals surface area contributed by atoms with Crippen molar-refractivity contribution in [2.45, 2.75) is 0 Å². The Morgan fingerprint density at radius 2 is 1.33 bits per heavy atom. The number of hydrogen-bond acceptors (Lipinski definition) is 1. The predicted molar refractivity (Wildman–Crippen MR) is 17.2 cm³/mol. The first-order valence-electron chi connectivity index (χ1n) is 0.689. The van der Waals surface area contributed by atoms with Crippen molar-refractivity contribution in [1.82, 2.24) is 0 Å². The summed E-state index contributed by atoms with van der Waals surface area (Å²) in [5.74, 6) is 0. The molecule has 0 aromatic rings. The van der Waals surface area contributed by atoms with Gasteiger partial charge in [0.1, 0.15) is 6.79 Å². The molecule has 0 aliphatic rings. The van der Waals surface area contributed by atoms with E-state index >= 15 is 0 Å². The second-order valence-corrected chi connectivity index (χ2v) is 0.0894. The molecule has 28 valence electrons. The van der Waals surface area contributed by atoms with E-state index in [0.29, 0.717) is 0 Å². The number of hydrogen-bond donors (Lipinski definition) is 0. The van der Waals surface area contributed by atoms with Crippen LogP contribution in [0.4, 0.5) is 0 Å². The van der Waals surface area contributed by atoms with Crippen LogP contribution in [-0.2, 0) is 4.79 Å². The van der Waals surface area contributed by atoms with Crippen LogP contribution in [-0.4, -0.2) is 6.79 Å². The van der Waals surface area contributed by atoms with Gasteiger partial charge in [-0.25, -0.2) is 0 Å². The maximum atomic E-state index is 8.00. The molecule has 0 spiro atoms. The van der Waals surface area contributed by atoms with Gasteiger partial charge in [-0.15, -0.1) is 0 Å². The number of nitrogens with zero attached hydrogens (tertiary/aromatic N) is 3. The molecule has 0 heterocycles. The maximum absolute atomic E-state index is 8.00. The zero-order valence-electron chi connectivity index (χ0n) is 3.46. The molecular weight excluding hydrogens is 93.0 g/mol. The molecule has 0 aliphatic heterocycles. The van der Waals surface area contributed by atoms with Crippen molar-refractivity contribution in [3.8, 4) is 0 Å². The molecule has 0 unspecified atom stereocenters. The Kier molecular flexibility index (Phi) is 229. The predicted octanol–water partition coefficient (Wildman–Crippen LogP) is -2.31. The summed E-state index contributed by atoms with van der Waals surface area (Å²) in [7, 11) is 0. The molecule has 6 heavy (non-hydrogen) atoms. The van der Waals surface area contributed by atoms with Crippen LogP contribution < -0.4 is 29.6 Å². The third-order valence-electron chi connectivity index (χ3n) is 0. The maximum Gasteiger partial charge on any atom is 1.00 e. The molecule has 0 N–H and O–H groups in total. The molecule has 0 aromatic heterocycles. The minimum absolute atomic E-state index is 0. The van der Waals surface area contributed by atoms with E-state index in [0.717, 1.165) is 0 Å². The minimum Gasteiger partial charge on any atom is -0.373 e. The number of carbonyl (C=O) groups excluding carboxylic acids is 1. The van der Waals surface area contributed by atoms with Crippen molar-refractivity contribution in [1.29, 1.82) is 0 Å². The average molecular weight is 95.0 g/mol. The van der Waals surface area contributed by atoms with E-state index in [2.05, 4.69) is 0 Å². The summed E-state index contributed by atoms with van der Waals surface area (Å²) in [6, 6.07) is 0. The van der Waals surface area contributed by atoms with Gasteiger partial charge in [-0.05, 0) is 0 Å². The van der Waals surface area contributed by atoms with E-state index in [4.69, 9.17) is 15.9 Å². The van der Waals surface area contributed by atoms with E-state index < -0.39 is 0 Å². The summed E-state index contributed by atoms with van der Waals surface area (Å²) in [5, 5.41) is 0. The Bertz CT molecular complexity index is 40.1. The number of carbonyl (C=O) groups is 1. The third-order valence-corrected chi connectivity index (χ3v) is 0. The van der Waals surface area contributed by atoms with Crippen LogP contribution in [0.25, 0.3) is 16.0 Å². The molecule has 0 aromatic carbocycles. The zero-order valence-corrected chi connectivity index (χ0v) is 5.46. The van der Waals surface area contributed by atoms with Crippen molar-refractivity contribution < 1.29 is 34.4 Å². The van der Waals surface area contributed by atoms with Gasteiger partial charge in [0, 0.05) is 0 Å². The smallest absolute Gasteiger partial charge is 0.373 e. The minimum atomic E-state index is 0. The Morgan fingerprint density at radius 3 is 1.33 bits per heavy atom. The summed E-state index contributed by atoms with van der Waals surface area (Å²) < 4.78 is 0. The monoisotopic (exact) mass is 95.0 g/mol. The van der Waals surface area contributed by atoms with Crippen LogP contribution in [0.3, 0.4) is 0 Å². The Labute approximate surface area is 57.2 Å². The van der Waals surface area contributed by atoms with E-state index in [1.54, 1.807) is 0 Å². The zero-order chi connectivity index (χ0) is 4.71. The summed E-state index contributed by atoms with van der Waals surface area (Å²) in [5.41, 5.74) is 13.5. The molecule has 0 rings (SSSR count). The SMILES string of the molecule is C=O.[N-]=[N+]=[N-].[Na+]. The van der Waals surface area contributed by atoms with Crippen LogP contribution in [0.1, 0.15) is 0 Å². The fraction of sp³-hybridized carbons (Fsp3) is 0. The summed E-state index contributed by atoms with van der Waals surface area (Å²) in [6.45, 7) is 2.00. The largest absolute Gasteiger partial charge is 1.00 e. The van der Waals surface area contributed by atoms with Gasteiger partial charge in [0.15, 0.2) is 0 Å². The molecule has 0 fully saturated rings. The average Bonchev–Trinajstić information content (AvgIpc) is 1.46. The summed E-state index contributed by atoms with van der Waals surface area (Å²) in [6.07, 6.45) is 0. The van der Waals surface area contributed by atoms with Gasteiger partial charge in [0.05, 0.1) is 0 Å². The van der Waals surface area contributed by atoms with Crippen LogP contribution in [0.15, 0.2) is 0 Å². The Morgan fingerprint density at radius 1 is 1.33 bits per heavy atom. The molecule has 0 bridgehead atoms. The molecule has 4 nitrogen and oxygen atoms in total. The number of rotatable bonds is 0. The topological polar surface area (TPSA) is 75.8 Å². The van der Waals surface area contributed by atoms with Gasteiger partial charge >= 0.3 is 29.6 Å². The van der Waals surface area contributed by atoms with Crippen molar-refractivity contribution in [3.05, 3.63) is 16.0 Å². The molecule has 0 atom stereocenters. The Hall–Kier alpha value is -0.0200. The summed E-state index contributed by atoms with van der Waals surface area (Å²) >= 11 is 0. The first-order valence-corrected chi connectivity index (χ1v) is 0.689. The second-order valence-electron chi connectivity index (χ2n) is 0.0894. The quantitative estimate of drug-likeness (QED) is 0.144. The normalized spacial score (nSPS) is 2.00. The Balaban J connectivity index is -0.0000000275. The third kappa shape index (κ3) is 88400. The molecule has 0 aliphatic carbocycles. The van der Waals surface area contributed by atoms with E-state index in [1.807, 2.05) is 6.79 Å². The van der Waals surface area contributed by atoms with Gasteiger partial charge in [-0.2, -0.15) is 0 Å². The standard InChI is InChI=1S/CH2O.N3.Na/c1-2;1-3-2;/h1H2;;/q;-1;+1. The molecule has 0 amide bonds. The fourth-order valence-corrected chi connectivity index (χ4v) is 0. The fourth-order valence-electron chi connectivity index (χ4n) is 0. The van der Waals surface area contributed by atoms with Gasteiger partial charge in [0.25, 0.3) is 0 Å². The van der Waals surface area contributed by atoms with Crippen LogP contribution in [0.2, 0.25) is 0 Å². The van der Waals surface area contributed by atoms with Crippen LogP contribution in [0, 0.1) is 0 Å². The second kappa shape index (κ2) is 82.1. The van der Waals surface area contributed by atoms with Crippen molar-refractivity contribution in [2.24, 2.45) is 0 Å². The van der Waals surface area contributed by atoms with E-state index in [1.165, 1.54) is 4.91 Å². The molecule has 5 heteroatoms.